The fourth-order valence-electron chi connectivity index (χ4n) is 3.78. The van der Waals surface area contributed by atoms with Crippen LogP contribution in [-0.4, -0.2) is 41.7 Å². The number of sulfonamides is 1. The number of rotatable bonds is 5. The van der Waals surface area contributed by atoms with Gasteiger partial charge >= 0.3 is 0 Å². The molecule has 2 aromatic rings. The van der Waals surface area contributed by atoms with E-state index in [0.29, 0.717) is 29.9 Å². The number of benzene rings is 1. The van der Waals surface area contributed by atoms with Crippen LogP contribution in [0.3, 0.4) is 0 Å². The van der Waals surface area contributed by atoms with E-state index in [2.05, 4.69) is 5.10 Å². The number of morpholine rings is 1. The van der Waals surface area contributed by atoms with Gasteiger partial charge in [0.15, 0.2) is 0 Å². The van der Waals surface area contributed by atoms with E-state index < -0.39 is 10.0 Å². The van der Waals surface area contributed by atoms with Crippen molar-refractivity contribution in [2.24, 2.45) is 5.92 Å². The number of hydrogen-bond donors (Lipinski definition) is 0. The molecule has 2 aliphatic carbocycles. The second-order valence-electron chi connectivity index (χ2n) is 8.12. The second kappa shape index (κ2) is 6.43. The second-order valence-corrected chi connectivity index (χ2v) is 10.1. The van der Waals surface area contributed by atoms with Gasteiger partial charge in [0.1, 0.15) is 0 Å². The molecule has 6 nitrogen and oxygen atoms in total. The first-order valence-electron chi connectivity index (χ1n) is 9.77. The van der Waals surface area contributed by atoms with Crippen LogP contribution in [0.4, 0.5) is 0 Å². The van der Waals surface area contributed by atoms with Gasteiger partial charge in [0.25, 0.3) is 0 Å². The van der Waals surface area contributed by atoms with Crippen molar-refractivity contribution < 1.29 is 13.2 Å². The third kappa shape index (κ3) is 3.44. The number of ether oxygens (including phenoxy) is 1. The Morgan fingerprint density at radius 2 is 1.81 bits per heavy atom. The Kier molecular flexibility index (Phi) is 4.14. The van der Waals surface area contributed by atoms with Gasteiger partial charge in [0.05, 0.1) is 29.3 Å². The lowest BCUT2D eigenvalue weighted by atomic mass is 10.1. The number of aryl methyl sites for hydroxylation is 1. The standard InChI is InChI=1S/C20H25N3O3S/c1-14-2-8-18(9-3-14)27(24,25)22-12-19(15-4-5-15)26-20(13-22)16-10-21-23(11-16)17-6-7-17/h2-3,8-11,15,17,19-20H,4-7,12-13H2,1H3/t19-,20+/m0/s1. The fraction of sp³-hybridized carbons (Fsp3) is 0.550. The molecule has 2 saturated carbocycles. The minimum Gasteiger partial charge on any atom is -0.367 e. The minimum atomic E-state index is -3.53. The molecule has 5 rings (SSSR count). The van der Waals surface area contributed by atoms with Gasteiger partial charge in [-0.1, -0.05) is 17.7 Å². The van der Waals surface area contributed by atoms with Crippen molar-refractivity contribution in [3.63, 3.8) is 0 Å². The first-order valence-corrected chi connectivity index (χ1v) is 11.2. The molecule has 2 heterocycles. The lowest BCUT2D eigenvalue weighted by Gasteiger charge is -2.37. The number of aromatic nitrogens is 2. The molecule has 0 spiro atoms. The molecule has 0 amide bonds. The summed E-state index contributed by atoms with van der Waals surface area (Å²) in [7, 11) is -3.53. The maximum atomic E-state index is 13.2. The first kappa shape index (κ1) is 17.4. The van der Waals surface area contributed by atoms with Crippen LogP contribution in [0.5, 0.6) is 0 Å². The predicted molar refractivity (Wildman–Crippen MR) is 101 cm³/mol. The van der Waals surface area contributed by atoms with Crippen molar-refractivity contribution >= 4 is 10.0 Å². The van der Waals surface area contributed by atoms with E-state index in [-0.39, 0.29) is 12.2 Å². The van der Waals surface area contributed by atoms with Crippen molar-refractivity contribution in [1.29, 1.82) is 0 Å². The lowest BCUT2D eigenvalue weighted by Crippen LogP contribution is -2.47. The molecule has 0 radical (unpaired) electrons. The van der Waals surface area contributed by atoms with Gasteiger partial charge in [0, 0.05) is 24.8 Å². The highest BCUT2D eigenvalue weighted by Gasteiger charge is 2.43. The quantitative estimate of drug-likeness (QED) is 0.791. The van der Waals surface area contributed by atoms with Crippen molar-refractivity contribution in [2.45, 2.75) is 55.8 Å². The molecule has 0 N–H and O–H groups in total. The van der Waals surface area contributed by atoms with Crippen LogP contribution in [0.25, 0.3) is 0 Å². The summed E-state index contributed by atoms with van der Waals surface area (Å²) in [5.41, 5.74) is 2.04. The monoisotopic (exact) mass is 387 g/mol. The summed E-state index contributed by atoms with van der Waals surface area (Å²) in [5, 5.41) is 4.46. The SMILES string of the molecule is Cc1ccc(S(=O)(=O)N2C[C@@H](C3CC3)O[C@@H](c3cnn(C4CC4)c3)C2)cc1. The smallest absolute Gasteiger partial charge is 0.243 e. The Balaban J connectivity index is 1.43. The van der Waals surface area contributed by atoms with Gasteiger partial charge in [-0.15, -0.1) is 0 Å². The van der Waals surface area contributed by atoms with Crippen molar-refractivity contribution in [1.82, 2.24) is 14.1 Å². The van der Waals surface area contributed by atoms with Gasteiger partial charge < -0.3 is 4.74 Å². The van der Waals surface area contributed by atoms with Crippen molar-refractivity contribution in [3.8, 4) is 0 Å². The average Bonchev–Trinajstić information content (AvgIpc) is 3.60. The van der Waals surface area contributed by atoms with E-state index in [9.17, 15) is 8.42 Å². The summed E-state index contributed by atoms with van der Waals surface area (Å²) in [6, 6.07) is 7.61. The highest BCUT2D eigenvalue weighted by Crippen LogP contribution is 2.41. The van der Waals surface area contributed by atoms with Crippen LogP contribution in [-0.2, 0) is 14.8 Å². The van der Waals surface area contributed by atoms with Gasteiger partial charge in [-0.2, -0.15) is 9.40 Å². The van der Waals surface area contributed by atoms with Crippen LogP contribution >= 0.6 is 0 Å². The van der Waals surface area contributed by atoms with Crippen LogP contribution in [0.15, 0.2) is 41.6 Å². The first-order chi connectivity index (χ1) is 13.0. The minimum absolute atomic E-state index is 0.0340. The molecular weight excluding hydrogens is 362 g/mol. The molecule has 2 atom stereocenters. The Hall–Kier alpha value is -1.70. The summed E-state index contributed by atoms with van der Waals surface area (Å²) in [6.07, 6.45) is 8.18. The predicted octanol–water partition coefficient (Wildman–Crippen LogP) is 3.07. The van der Waals surface area contributed by atoms with Crippen LogP contribution in [0.2, 0.25) is 0 Å². The Morgan fingerprint density at radius 1 is 1.07 bits per heavy atom. The lowest BCUT2D eigenvalue weighted by molar-refractivity contribution is -0.0747. The molecular formula is C20H25N3O3S. The molecule has 0 unspecified atom stereocenters. The van der Waals surface area contributed by atoms with Crippen molar-refractivity contribution in [3.05, 3.63) is 47.8 Å². The molecule has 144 valence electrons. The van der Waals surface area contributed by atoms with E-state index in [1.807, 2.05) is 36.1 Å². The van der Waals surface area contributed by atoms with E-state index >= 15 is 0 Å². The summed E-state index contributed by atoms with van der Waals surface area (Å²) < 4.78 is 36.4. The summed E-state index contributed by atoms with van der Waals surface area (Å²) in [5.74, 6) is 0.474. The summed E-state index contributed by atoms with van der Waals surface area (Å²) >= 11 is 0. The van der Waals surface area contributed by atoms with Gasteiger partial charge in [-0.3, -0.25) is 4.68 Å². The third-order valence-corrected chi connectivity index (χ3v) is 7.66. The van der Waals surface area contributed by atoms with E-state index in [0.717, 1.165) is 24.0 Å². The summed E-state index contributed by atoms with van der Waals surface area (Å²) in [6.45, 7) is 2.74. The zero-order chi connectivity index (χ0) is 18.6. The highest BCUT2D eigenvalue weighted by atomic mass is 32.2. The molecule has 27 heavy (non-hydrogen) atoms. The molecule has 1 aromatic carbocycles. The number of hydrogen-bond acceptors (Lipinski definition) is 4. The molecule has 7 heteroatoms. The fourth-order valence-corrected chi connectivity index (χ4v) is 5.24. The van der Waals surface area contributed by atoms with Gasteiger partial charge in [-0.25, -0.2) is 8.42 Å². The average molecular weight is 388 g/mol. The number of nitrogens with zero attached hydrogens (tertiary/aromatic N) is 3. The molecule has 3 fully saturated rings. The molecule has 3 aliphatic rings. The Morgan fingerprint density at radius 3 is 2.48 bits per heavy atom. The largest absolute Gasteiger partial charge is 0.367 e. The van der Waals surface area contributed by atoms with Gasteiger partial charge in [0.2, 0.25) is 10.0 Å². The normalized spacial score (nSPS) is 27.0. The Bertz CT molecular complexity index is 930. The third-order valence-electron chi connectivity index (χ3n) is 5.81. The van der Waals surface area contributed by atoms with Gasteiger partial charge in [-0.05, 0) is 50.7 Å². The molecule has 1 aromatic heterocycles. The highest BCUT2D eigenvalue weighted by molar-refractivity contribution is 7.89. The van der Waals surface area contributed by atoms with E-state index in [1.165, 1.54) is 12.8 Å². The zero-order valence-electron chi connectivity index (χ0n) is 15.5. The topological polar surface area (TPSA) is 64.4 Å². The maximum absolute atomic E-state index is 13.2. The van der Waals surface area contributed by atoms with E-state index in [4.69, 9.17) is 4.74 Å². The Labute approximate surface area is 160 Å². The van der Waals surface area contributed by atoms with Crippen LogP contribution in [0, 0.1) is 12.8 Å². The molecule has 0 bridgehead atoms. The van der Waals surface area contributed by atoms with Crippen LogP contribution < -0.4 is 0 Å². The van der Waals surface area contributed by atoms with E-state index in [1.54, 1.807) is 16.4 Å². The summed E-state index contributed by atoms with van der Waals surface area (Å²) in [4.78, 5) is 0.358. The van der Waals surface area contributed by atoms with Crippen molar-refractivity contribution in [2.75, 3.05) is 13.1 Å². The maximum Gasteiger partial charge on any atom is 0.243 e. The van der Waals surface area contributed by atoms with Crippen LogP contribution in [0.1, 0.15) is 49.0 Å². The zero-order valence-corrected chi connectivity index (χ0v) is 16.3. The molecule has 1 aliphatic heterocycles. The molecule has 1 saturated heterocycles.